The number of methoxy groups -OCH3 is 2. The van der Waals surface area contributed by atoms with Gasteiger partial charge in [0.25, 0.3) is 0 Å². The van der Waals surface area contributed by atoms with Crippen LogP contribution in [0.1, 0.15) is 65.2 Å². The van der Waals surface area contributed by atoms with Crippen LogP contribution in [0.2, 0.25) is 0 Å². The summed E-state index contributed by atoms with van der Waals surface area (Å²) in [6.07, 6.45) is 5.24. The van der Waals surface area contributed by atoms with Crippen LogP contribution in [0.5, 0.6) is 11.5 Å². The number of carbonyl (C=O) groups is 2. The highest BCUT2D eigenvalue weighted by molar-refractivity contribution is 6.04. The van der Waals surface area contributed by atoms with Gasteiger partial charge in [0.15, 0.2) is 10.9 Å². The van der Waals surface area contributed by atoms with Crippen molar-refractivity contribution in [2.24, 2.45) is 0 Å². The quantitative estimate of drug-likeness (QED) is 0.0641. The van der Waals surface area contributed by atoms with Crippen molar-refractivity contribution in [1.82, 2.24) is 9.13 Å². The molecule has 3 aromatic carbocycles. The second-order valence-electron chi connectivity index (χ2n) is 11.8. The van der Waals surface area contributed by atoms with Gasteiger partial charge in [-0.05, 0) is 88.1 Å². The number of esters is 2. The molecule has 0 saturated heterocycles. The van der Waals surface area contributed by atoms with E-state index in [1.54, 1.807) is 40.2 Å². The highest BCUT2D eigenvalue weighted by atomic mass is 16.5. The second kappa shape index (κ2) is 15.8. The fourth-order valence-corrected chi connectivity index (χ4v) is 6.44. The first kappa shape index (κ1) is 34.5. The lowest BCUT2D eigenvalue weighted by atomic mass is 10.0. The zero-order chi connectivity index (χ0) is 34.2. The molecule has 10 heteroatoms. The van der Waals surface area contributed by atoms with Gasteiger partial charge >= 0.3 is 11.9 Å². The third-order valence-corrected chi connectivity index (χ3v) is 8.80. The van der Waals surface area contributed by atoms with Gasteiger partial charge in [0, 0.05) is 47.5 Å². The van der Waals surface area contributed by atoms with E-state index in [2.05, 4.69) is 9.13 Å². The highest BCUT2D eigenvalue weighted by Gasteiger charge is 2.18. The Balaban J connectivity index is 1.64. The van der Waals surface area contributed by atoms with E-state index < -0.39 is 0 Å². The largest absolute Gasteiger partial charge is 0.497 e. The number of hydrogen-bond donors (Lipinski definition) is 0. The molecule has 0 N–H and O–H groups in total. The van der Waals surface area contributed by atoms with Gasteiger partial charge in [0.1, 0.15) is 11.5 Å². The summed E-state index contributed by atoms with van der Waals surface area (Å²) >= 11 is 0. The third-order valence-electron chi connectivity index (χ3n) is 8.80. The van der Waals surface area contributed by atoms with Gasteiger partial charge in [0.05, 0.1) is 49.5 Å². The molecule has 0 atom stereocenters. The smallest absolute Gasteiger partial charge is 0.305 e. The Bertz CT molecular complexity index is 1930. The minimum atomic E-state index is -0.200. The maximum atomic E-state index is 14.2. The van der Waals surface area contributed by atoms with Gasteiger partial charge in [0.2, 0.25) is 0 Å². The fourth-order valence-electron chi connectivity index (χ4n) is 6.44. The van der Waals surface area contributed by atoms with Crippen molar-refractivity contribution in [3.05, 3.63) is 69.0 Å². The molecule has 2 heterocycles. The van der Waals surface area contributed by atoms with Crippen LogP contribution in [-0.2, 0) is 32.2 Å². The topological polar surface area (TPSA) is 115 Å². The van der Waals surface area contributed by atoms with E-state index in [0.29, 0.717) is 96.1 Å². The number of rotatable bonds is 16. The standard InChI is InChI=1S/C38H44N2O8/c1-5-47-35(41)13-9-7-11-19-39-31-17-15-25(45-3)21-27(31)37(43)29-24-34-30(23-33(29)39)38(44)28-22-26(46-4)16-18-32(28)40(34)20-12-8-10-14-36(42)48-6-2/h15-18,21-24H,5-14,19-20H2,1-4H3. The van der Waals surface area contributed by atoms with Crippen molar-refractivity contribution < 1.29 is 28.5 Å². The van der Waals surface area contributed by atoms with Crippen molar-refractivity contribution in [2.75, 3.05) is 27.4 Å². The molecule has 48 heavy (non-hydrogen) atoms. The molecule has 0 bridgehead atoms. The van der Waals surface area contributed by atoms with E-state index in [9.17, 15) is 19.2 Å². The molecule has 0 saturated carbocycles. The molecule has 10 nitrogen and oxygen atoms in total. The number of pyridine rings is 2. The predicted molar refractivity (Wildman–Crippen MR) is 188 cm³/mol. The Morgan fingerprint density at radius 3 is 1.31 bits per heavy atom. The minimum absolute atomic E-state index is 0.136. The number of nitrogens with zero attached hydrogens (tertiary/aromatic N) is 2. The second-order valence-corrected chi connectivity index (χ2v) is 11.8. The van der Waals surface area contributed by atoms with Crippen LogP contribution in [0, 0.1) is 0 Å². The van der Waals surface area contributed by atoms with Gasteiger partial charge in [-0.3, -0.25) is 19.2 Å². The summed E-state index contributed by atoms with van der Waals surface area (Å²) in [6.45, 7) is 5.50. The number of aryl methyl sites for hydroxylation is 2. The maximum absolute atomic E-state index is 14.2. The Labute approximate surface area is 279 Å². The third kappa shape index (κ3) is 7.32. The molecule has 254 valence electrons. The van der Waals surface area contributed by atoms with Crippen molar-refractivity contribution >= 4 is 55.6 Å². The first-order valence-corrected chi connectivity index (χ1v) is 16.8. The molecule has 5 rings (SSSR count). The average Bonchev–Trinajstić information content (AvgIpc) is 3.09. The summed E-state index contributed by atoms with van der Waals surface area (Å²) in [6, 6.07) is 14.7. The Morgan fingerprint density at radius 2 is 0.938 bits per heavy atom. The van der Waals surface area contributed by atoms with E-state index in [-0.39, 0.29) is 22.8 Å². The fraction of sp³-hybridized carbons (Fsp3) is 0.421. The molecule has 0 fully saturated rings. The van der Waals surface area contributed by atoms with Crippen LogP contribution in [0.25, 0.3) is 43.6 Å². The van der Waals surface area contributed by atoms with E-state index >= 15 is 0 Å². The SMILES string of the molecule is CCOC(=O)CCCCCn1c2ccc(OC)cc2c(=O)c2cc3c(cc21)c(=O)c1cc(OC)ccc1n3CCCCCC(=O)OCC. The number of fused-ring (bicyclic) bond motifs is 4. The van der Waals surface area contributed by atoms with Crippen molar-refractivity contribution in [3.63, 3.8) is 0 Å². The van der Waals surface area contributed by atoms with Gasteiger partial charge in [-0.1, -0.05) is 12.8 Å². The molecule has 0 aliphatic rings. The summed E-state index contributed by atoms with van der Waals surface area (Å²) in [5.74, 6) is 0.768. The molecule has 0 aliphatic carbocycles. The molecule has 0 amide bonds. The number of benzene rings is 3. The number of ether oxygens (including phenoxy) is 4. The first-order valence-electron chi connectivity index (χ1n) is 16.8. The van der Waals surface area contributed by atoms with E-state index in [1.165, 1.54) is 0 Å². The molecule has 0 spiro atoms. The van der Waals surface area contributed by atoms with Gasteiger partial charge in [-0.2, -0.15) is 0 Å². The molecule has 0 radical (unpaired) electrons. The molecule has 5 aromatic rings. The van der Waals surface area contributed by atoms with Crippen LogP contribution in [0.3, 0.4) is 0 Å². The predicted octanol–water partition coefficient (Wildman–Crippen LogP) is 6.89. The lowest BCUT2D eigenvalue weighted by Crippen LogP contribution is -2.16. The van der Waals surface area contributed by atoms with E-state index in [1.807, 2.05) is 36.4 Å². The molecule has 0 aliphatic heterocycles. The number of hydrogen-bond acceptors (Lipinski definition) is 8. The Kier molecular flexibility index (Phi) is 11.4. The van der Waals surface area contributed by atoms with Gasteiger partial charge < -0.3 is 28.1 Å². The molecular weight excluding hydrogens is 612 g/mol. The summed E-state index contributed by atoms with van der Waals surface area (Å²) in [5, 5.41) is 2.09. The lowest BCUT2D eigenvalue weighted by Gasteiger charge is -2.19. The monoisotopic (exact) mass is 656 g/mol. The molecular formula is C38H44N2O8. The Hall–Kier alpha value is -4.86. The van der Waals surface area contributed by atoms with Crippen LogP contribution in [0.4, 0.5) is 0 Å². The van der Waals surface area contributed by atoms with Crippen LogP contribution in [-0.4, -0.2) is 48.5 Å². The zero-order valence-corrected chi connectivity index (χ0v) is 28.3. The van der Waals surface area contributed by atoms with Crippen LogP contribution in [0.15, 0.2) is 58.1 Å². The number of carbonyl (C=O) groups excluding carboxylic acids is 2. The highest BCUT2D eigenvalue weighted by Crippen LogP contribution is 2.30. The maximum Gasteiger partial charge on any atom is 0.305 e. The zero-order valence-electron chi connectivity index (χ0n) is 28.3. The average molecular weight is 657 g/mol. The number of unbranched alkanes of at least 4 members (excludes halogenated alkanes) is 4. The van der Waals surface area contributed by atoms with Crippen molar-refractivity contribution in [2.45, 2.75) is 78.3 Å². The normalized spacial score (nSPS) is 11.4. The van der Waals surface area contributed by atoms with Gasteiger partial charge in [-0.15, -0.1) is 0 Å². The van der Waals surface area contributed by atoms with E-state index in [0.717, 1.165) is 36.7 Å². The molecule has 2 aromatic heterocycles. The van der Waals surface area contributed by atoms with Crippen LogP contribution >= 0.6 is 0 Å². The number of aromatic nitrogens is 2. The summed E-state index contributed by atoms with van der Waals surface area (Å²) in [5.41, 5.74) is 2.59. The van der Waals surface area contributed by atoms with Crippen LogP contribution < -0.4 is 20.3 Å². The van der Waals surface area contributed by atoms with Crippen molar-refractivity contribution in [1.29, 1.82) is 0 Å². The lowest BCUT2D eigenvalue weighted by molar-refractivity contribution is -0.144. The summed E-state index contributed by atoms with van der Waals surface area (Å²) < 4.78 is 25.3. The minimum Gasteiger partial charge on any atom is -0.497 e. The van der Waals surface area contributed by atoms with E-state index in [4.69, 9.17) is 18.9 Å². The Morgan fingerprint density at radius 1 is 0.542 bits per heavy atom. The first-order chi connectivity index (χ1) is 23.3. The summed E-state index contributed by atoms with van der Waals surface area (Å²) in [4.78, 5) is 52.0. The summed E-state index contributed by atoms with van der Waals surface area (Å²) in [7, 11) is 3.15. The van der Waals surface area contributed by atoms with Gasteiger partial charge in [-0.25, -0.2) is 0 Å². The molecule has 0 unspecified atom stereocenters. The van der Waals surface area contributed by atoms with Crippen molar-refractivity contribution in [3.8, 4) is 11.5 Å².